The average Bonchev–Trinajstić information content (AvgIpc) is 2.87. The summed E-state index contributed by atoms with van der Waals surface area (Å²) in [6.45, 7) is 0. The van der Waals surface area contributed by atoms with Crippen LogP contribution in [0.15, 0.2) is 34.1 Å². The molecule has 0 saturated heterocycles. The van der Waals surface area contributed by atoms with Gasteiger partial charge in [-0.2, -0.15) is 5.26 Å². The molecule has 2 rings (SSSR count). The van der Waals surface area contributed by atoms with E-state index >= 15 is 0 Å². The largest absolute Gasteiger partial charge is 0.224 e. The summed E-state index contributed by atoms with van der Waals surface area (Å²) in [4.78, 5) is 0.164. The van der Waals surface area contributed by atoms with E-state index in [1.165, 1.54) is 24.3 Å². The van der Waals surface area contributed by atoms with Gasteiger partial charge < -0.3 is 0 Å². The lowest BCUT2D eigenvalue weighted by Crippen LogP contribution is -2.24. The van der Waals surface area contributed by atoms with Crippen molar-refractivity contribution in [1.82, 2.24) is 0 Å². The van der Waals surface area contributed by atoms with Gasteiger partial charge >= 0.3 is 0 Å². The molecule has 2 unspecified atom stereocenters. The van der Waals surface area contributed by atoms with Crippen LogP contribution in [-0.4, -0.2) is 28.3 Å². The molecule has 1 aromatic carbocycles. The first-order valence-corrected chi connectivity index (χ1v) is 9.64. The Labute approximate surface area is 119 Å². The highest BCUT2D eigenvalue weighted by molar-refractivity contribution is 7.92. The third-order valence-corrected chi connectivity index (χ3v) is 7.02. The number of nitriles is 1. The SMILES string of the molecule is CS(=O)(=O)c1ccc(S(=O)(=O)C2CCCC2C#N)cc1. The van der Waals surface area contributed by atoms with Gasteiger partial charge in [-0.1, -0.05) is 6.42 Å². The van der Waals surface area contributed by atoms with Crippen molar-refractivity contribution in [2.24, 2.45) is 5.92 Å². The molecule has 20 heavy (non-hydrogen) atoms. The number of hydrogen-bond acceptors (Lipinski definition) is 5. The van der Waals surface area contributed by atoms with Crippen LogP contribution in [0.2, 0.25) is 0 Å². The number of nitrogens with zero attached hydrogens (tertiary/aromatic N) is 1. The zero-order valence-electron chi connectivity index (χ0n) is 11.0. The van der Waals surface area contributed by atoms with E-state index in [1.54, 1.807) is 0 Å². The van der Waals surface area contributed by atoms with Crippen LogP contribution in [0.4, 0.5) is 0 Å². The molecule has 0 aromatic heterocycles. The van der Waals surface area contributed by atoms with Crippen LogP contribution in [0.25, 0.3) is 0 Å². The highest BCUT2D eigenvalue weighted by Gasteiger charge is 2.38. The van der Waals surface area contributed by atoms with E-state index in [-0.39, 0.29) is 9.79 Å². The van der Waals surface area contributed by atoms with E-state index < -0.39 is 30.8 Å². The predicted octanol–water partition coefficient (Wildman–Crippen LogP) is 1.56. The van der Waals surface area contributed by atoms with Gasteiger partial charge in [-0.3, -0.25) is 0 Å². The lowest BCUT2D eigenvalue weighted by Gasteiger charge is -2.14. The van der Waals surface area contributed by atoms with E-state index in [4.69, 9.17) is 5.26 Å². The first-order valence-electron chi connectivity index (χ1n) is 6.20. The van der Waals surface area contributed by atoms with Crippen molar-refractivity contribution >= 4 is 19.7 Å². The van der Waals surface area contributed by atoms with Crippen LogP contribution in [0.3, 0.4) is 0 Å². The Morgan fingerprint density at radius 1 is 1.05 bits per heavy atom. The van der Waals surface area contributed by atoms with Gasteiger partial charge in [0.05, 0.1) is 27.0 Å². The van der Waals surface area contributed by atoms with E-state index in [0.717, 1.165) is 12.7 Å². The summed E-state index contributed by atoms with van der Waals surface area (Å²) in [5.74, 6) is -0.477. The quantitative estimate of drug-likeness (QED) is 0.844. The zero-order valence-corrected chi connectivity index (χ0v) is 12.6. The van der Waals surface area contributed by atoms with E-state index in [9.17, 15) is 16.8 Å². The Hall–Kier alpha value is -1.39. The van der Waals surface area contributed by atoms with Crippen LogP contribution >= 0.6 is 0 Å². The predicted molar refractivity (Wildman–Crippen MR) is 73.5 cm³/mol. The van der Waals surface area contributed by atoms with Gasteiger partial charge in [-0.05, 0) is 37.1 Å². The van der Waals surface area contributed by atoms with Gasteiger partial charge in [-0.25, -0.2) is 16.8 Å². The smallest absolute Gasteiger partial charge is 0.182 e. The summed E-state index contributed by atoms with van der Waals surface area (Å²) in [6, 6.07) is 7.24. The molecule has 1 fully saturated rings. The maximum absolute atomic E-state index is 12.5. The van der Waals surface area contributed by atoms with Gasteiger partial charge in [0.1, 0.15) is 0 Å². The number of rotatable bonds is 3. The molecule has 0 aliphatic heterocycles. The Morgan fingerprint density at radius 3 is 2.10 bits per heavy atom. The molecular formula is C13H15NO4S2. The fraction of sp³-hybridized carbons (Fsp3) is 0.462. The van der Waals surface area contributed by atoms with Crippen molar-refractivity contribution in [2.75, 3.05) is 6.26 Å². The molecule has 0 N–H and O–H groups in total. The summed E-state index contributed by atoms with van der Waals surface area (Å²) in [6.07, 6.45) is 2.87. The Balaban J connectivity index is 2.38. The van der Waals surface area contributed by atoms with Crippen LogP contribution in [0.5, 0.6) is 0 Å². The van der Waals surface area contributed by atoms with Crippen molar-refractivity contribution in [2.45, 2.75) is 34.3 Å². The minimum Gasteiger partial charge on any atom is -0.224 e. The van der Waals surface area contributed by atoms with E-state index in [0.29, 0.717) is 12.8 Å². The fourth-order valence-corrected chi connectivity index (χ4v) is 5.10. The Bertz CT molecular complexity index is 743. The molecule has 0 spiro atoms. The molecule has 1 saturated carbocycles. The third kappa shape index (κ3) is 2.72. The first-order chi connectivity index (χ1) is 9.26. The fourth-order valence-electron chi connectivity index (χ4n) is 2.50. The second-order valence-electron chi connectivity index (χ2n) is 4.99. The van der Waals surface area contributed by atoms with Crippen LogP contribution in [0, 0.1) is 17.2 Å². The van der Waals surface area contributed by atoms with E-state index in [1.807, 2.05) is 0 Å². The molecule has 7 heteroatoms. The lowest BCUT2D eigenvalue weighted by molar-refractivity contribution is 0.565. The van der Waals surface area contributed by atoms with Crippen molar-refractivity contribution in [3.05, 3.63) is 24.3 Å². The number of benzene rings is 1. The molecule has 1 aromatic rings. The molecule has 0 radical (unpaired) electrons. The minimum absolute atomic E-state index is 0.0806. The summed E-state index contributed by atoms with van der Waals surface area (Å²) < 4.78 is 47.6. The highest BCUT2D eigenvalue weighted by atomic mass is 32.2. The normalized spacial score (nSPS) is 23.4. The topological polar surface area (TPSA) is 92.1 Å². The second kappa shape index (κ2) is 5.19. The average molecular weight is 313 g/mol. The molecule has 1 aliphatic rings. The second-order valence-corrected chi connectivity index (χ2v) is 9.18. The highest BCUT2D eigenvalue weighted by Crippen LogP contribution is 2.34. The van der Waals surface area contributed by atoms with Crippen LogP contribution < -0.4 is 0 Å². The lowest BCUT2D eigenvalue weighted by atomic mass is 10.1. The maximum Gasteiger partial charge on any atom is 0.182 e. The number of sulfone groups is 2. The van der Waals surface area contributed by atoms with Crippen molar-refractivity contribution < 1.29 is 16.8 Å². The van der Waals surface area contributed by atoms with Gasteiger partial charge in [0, 0.05) is 6.26 Å². The molecule has 0 heterocycles. The number of hydrogen-bond donors (Lipinski definition) is 0. The first kappa shape index (κ1) is 15.0. The monoisotopic (exact) mass is 313 g/mol. The summed E-state index contributed by atoms with van der Waals surface area (Å²) >= 11 is 0. The van der Waals surface area contributed by atoms with Gasteiger partial charge in [-0.15, -0.1) is 0 Å². The molecule has 1 aliphatic carbocycles. The van der Waals surface area contributed by atoms with E-state index in [2.05, 4.69) is 6.07 Å². The molecule has 2 atom stereocenters. The van der Waals surface area contributed by atoms with Crippen molar-refractivity contribution in [3.8, 4) is 6.07 Å². The molecule has 0 bridgehead atoms. The van der Waals surface area contributed by atoms with Crippen LogP contribution in [-0.2, 0) is 19.7 Å². The standard InChI is InChI=1S/C13H15NO4S2/c1-19(15,16)11-5-7-12(8-6-11)20(17,18)13-4-2-3-10(13)9-14/h5-8,10,13H,2-4H2,1H3. The van der Waals surface area contributed by atoms with Crippen molar-refractivity contribution in [1.29, 1.82) is 5.26 Å². The third-order valence-electron chi connectivity index (χ3n) is 3.60. The van der Waals surface area contributed by atoms with Gasteiger partial charge in [0.15, 0.2) is 19.7 Å². The zero-order chi connectivity index (χ0) is 15.0. The molecular weight excluding hydrogens is 298 g/mol. The van der Waals surface area contributed by atoms with Gasteiger partial charge in [0.2, 0.25) is 0 Å². The summed E-state index contributed by atoms with van der Waals surface area (Å²) in [5, 5.41) is 8.32. The Morgan fingerprint density at radius 2 is 1.60 bits per heavy atom. The molecule has 108 valence electrons. The van der Waals surface area contributed by atoms with Crippen LogP contribution in [0.1, 0.15) is 19.3 Å². The van der Waals surface area contributed by atoms with Crippen molar-refractivity contribution in [3.63, 3.8) is 0 Å². The van der Waals surface area contributed by atoms with Gasteiger partial charge in [0.25, 0.3) is 0 Å². The maximum atomic E-state index is 12.5. The summed E-state index contributed by atoms with van der Waals surface area (Å²) in [7, 11) is -6.93. The Kier molecular flexibility index (Phi) is 3.89. The summed E-state index contributed by atoms with van der Waals surface area (Å²) in [5.41, 5.74) is 0. The molecule has 5 nitrogen and oxygen atoms in total. The molecule has 0 amide bonds. The minimum atomic E-state index is -3.58.